The maximum Gasteiger partial charge on any atom is 0.263 e. The van der Waals surface area contributed by atoms with Crippen molar-refractivity contribution < 1.29 is 9.53 Å². The van der Waals surface area contributed by atoms with Crippen LogP contribution in [-0.2, 0) is 0 Å². The van der Waals surface area contributed by atoms with Crippen LogP contribution in [0.2, 0.25) is 0 Å². The van der Waals surface area contributed by atoms with Gasteiger partial charge in [-0.05, 0) is 44.2 Å². The maximum absolute atomic E-state index is 13.1. The molecule has 35 heavy (non-hydrogen) atoms. The molecule has 0 aliphatic carbocycles. The number of benzene rings is 1. The van der Waals surface area contributed by atoms with E-state index in [0.29, 0.717) is 16.2 Å². The number of carbonyl (C=O) groups is 1. The van der Waals surface area contributed by atoms with Crippen molar-refractivity contribution in [2.45, 2.75) is 19.4 Å². The van der Waals surface area contributed by atoms with Crippen molar-refractivity contribution in [2.24, 2.45) is 0 Å². The largest absolute Gasteiger partial charge is 0.439 e. The number of ether oxygens (including phenoxy) is 1. The van der Waals surface area contributed by atoms with Gasteiger partial charge < -0.3 is 20.4 Å². The van der Waals surface area contributed by atoms with Crippen molar-refractivity contribution in [1.82, 2.24) is 30.2 Å². The van der Waals surface area contributed by atoms with E-state index in [1.807, 2.05) is 60.0 Å². The molecule has 4 aromatic heterocycles. The van der Waals surface area contributed by atoms with Crippen LogP contribution >= 0.6 is 11.3 Å². The van der Waals surface area contributed by atoms with E-state index < -0.39 is 0 Å². The highest BCUT2D eigenvalue weighted by molar-refractivity contribution is 7.21. The van der Waals surface area contributed by atoms with Gasteiger partial charge in [-0.2, -0.15) is 0 Å². The first kappa shape index (κ1) is 21.6. The predicted octanol–water partition coefficient (Wildman–Crippen LogP) is 3.85. The molecule has 0 bridgehead atoms. The van der Waals surface area contributed by atoms with E-state index in [9.17, 15) is 4.79 Å². The molecule has 1 saturated heterocycles. The lowest BCUT2D eigenvalue weighted by atomic mass is 10.2. The van der Waals surface area contributed by atoms with Gasteiger partial charge in [0.15, 0.2) is 0 Å². The summed E-state index contributed by atoms with van der Waals surface area (Å²) in [7, 11) is 0. The van der Waals surface area contributed by atoms with Crippen LogP contribution in [-0.4, -0.2) is 44.6 Å². The molecule has 0 spiro atoms. The number of amides is 1. The van der Waals surface area contributed by atoms with Gasteiger partial charge >= 0.3 is 0 Å². The van der Waals surface area contributed by atoms with Crippen molar-refractivity contribution in [3.05, 3.63) is 70.8 Å². The van der Waals surface area contributed by atoms with Gasteiger partial charge in [0.25, 0.3) is 5.91 Å². The number of para-hydroxylation sites is 1. The summed E-state index contributed by atoms with van der Waals surface area (Å²) < 4.78 is 7.92. The monoisotopic (exact) mass is 484 g/mol. The second kappa shape index (κ2) is 8.68. The van der Waals surface area contributed by atoms with Gasteiger partial charge in [0.1, 0.15) is 20.9 Å². The van der Waals surface area contributed by atoms with Crippen molar-refractivity contribution in [2.75, 3.05) is 13.1 Å². The number of aryl methyl sites for hydroxylation is 1. The van der Waals surface area contributed by atoms with Crippen molar-refractivity contribution in [1.29, 1.82) is 0 Å². The summed E-state index contributed by atoms with van der Waals surface area (Å²) in [6.07, 6.45) is 2.70. The summed E-state index contributed by atoms with van der Waals surface area (Å²) in [6, 6.07) is 15.5. The summed E-state index contributed by atoms with van der Waals surface area (Å²) in [5, 5.41) is 7.33. The van der Waals surface area contributed by atoms with Crippen LogP contribution in [0.25, 0.3) is 33.5 Å². The number of pyridine rings is 2. The number of thiophene rings is 1. The van der Waals surface area contributed by atoms with Crippen molar-refractivity contribution in [3.8, 4) is 17.3 Å². The van der Waals surface area contributed by atoms with Crippen LogP contribution in [0.3, 0.4) is 0 Å². The number of hydrogen-bond acceptors (Lipinski definition) is 6. The van der Waals surface area contributed by atoms with E-state index >= 15 is 0 Å². The zero-order valence-electron chi connectivity index (χ0n) is 19.2. The zero-order chi connectivity index (χ0) is 23.9. The molecule has 5 heterocycles. The van der Waals surface area contributed by atoms with E-state index in [1.54, 1.807) is 6.20 Å². The molecule has 1 atom stereocenters. The number of hydrogen-bond donors (Lipinski definition) is 3. The molecule has 6 rings (SSSR count). The van der Waals surface area contributed by atoms with Crippen LogP contribution in [0.4, 0.5) is 0 Å². The first-order chi connectivity index (χ1) is 17.1. The third-order valence-electron chi connectivity index (χ3n) is 6.19. The second-order valence-corrected chi connectivity index (χ2v) is 9.55. The molecule has 0 saturated carbocycles. The Bertz CT molecular complexity index is 1610. The fraction of sp³-hybridized carbons (Fsp3) is 0.192. The fourth-order valence-corrected chi connectivity index (χ4v) is 5.58. The Morgan fingerprint density at radius 2 is 2.09 bits per heavy atom. The molecule has 1 fully saturated rings. The van der Waals surface area contributed by atoms with Crippen molar-refractivity contribution >= 4 is 45.1 Å². The lowest BCUT2D eigenvalue weighted by molar-refractivity contribution is 0.0945. The molecule has 1 aromatic carbocycles. The minimum atomic E-state index is -0.0864. The van der Waals surface area contributed by atoms with Crippen LogP contribution in [0.5, 0.6) is 11.6 Å². The lowest BCUT2D eigenvalue weighted by Gasteiger charge is -2.16. The number of H-pyrrole nitrogens is 1. The first-order valence-corrected chi connectivity index (χ1v) is 12.3. The van der Waals surface area contributed by atoms with E-state index in [1.165, 1.54) is 11.3 Å². The number of carbonyl (C=O) groups excluding carboxylic acids is 1. The number of nitrogens with zero attached hydrogens (tertiary/aromatic N) is 3. The molecule has 176 valence electrons. The van der Waals surface area contributed by atoms with Gasteiger partial charge in [-0.3, -0.25) is 9.36 Å². The summed E-state index contributed by atoms with van der Waals surface area (Å²) in [5.74, 6) is 1.16. The standard InChI is InChI=1S/C26H24N6O2S/c1-15-19(8-9-21(29-15)34-18-6-4-3-5-7-18)32-16(2)30-23-22-20(32)11-13-28-26(22)35-24(23)25(33)31-17-10-12-27-14-17/h3-9,11,13,17,27,30H,2,10,12,14H2,1H3,(H,31,33)/t17-/m1/s1. The third-order valence-corrected chi connectivity index (χ3v) is 7.29. The number of rotatable bonds is 5. The Labute approximate surface area is 205 Å². The van der Waals surface area contributed by atoms with E-state index in [4.69, 9.17) is 4.74 Å². The molecule has 9 heteroatoms. The van der Waals surface area contributed by atoms with E-state index in [-0.39, 0.29) is 11.9 Å². The third kappa shape index (κ3) is 3.88. The maximum atomic E-state index is 13.1. The summed E-state index contributed by atoms with van der Waals surface area (Å²) >= 11 is 1.39. The van der Waals surface area contributed by atoms with Gasteiger partial charge in [-0.25, -0.2) is 9.97 Å². The summed E-state index contributed by atoms with van der Waals surface area (Å²) in [5.41, 5.74) is 3.97. The Kier molecular flexibility index (Phi) is 5.35. The fourth-order valence-electron chi connectivity index (χ4n) is 4.55. The Morgan fingerprint density at radius 1 is 1.23 bits per heavy atom. The molecular formula is C26H24N6O2S. The van der Waals surface area contributed by atoms with Gasteiger partial charge in [0.2, 0.25) is 5.88 Å². The molecule has 1 amide bonds. The smallest absolute Gasteiger partial charge is 0.263 e. The van der Waals surface area contributed by atoms with Crippen LogP contribution in [0.1, 0.15) is 21.8 Å². The molecule has 0 unspecified atom stereocenters. The Hall–Kier alpha value is -3.95. The van der Waals surface area contributed by atoms with Gasteiger partial charge in [0, 0.05) is 24.8 Å². The number of aromatic nitrogens is 4. The first-order valence-electron chi connectivity index (χ1n) is 11.5. The SMILES string of the molecule is C=c1[nH]c2c(C(=O)N[C@@H]3CCNC3)sc3nccc(c32)n1-c1ccc(Oc2ccccc2)nc1C. The molecule has 8 nitrogen and oxygen atoms in total. The predicted molar refractivity (Wildman–Crippen MR) is 138 cm³/mol. The highest BCUT2D eigenvalue weighted by Gasteiger charge is 2.24. The Morgan fingerprint density at radius 3 is 2.86 bits per heavy atom. The second-order valence-electron chi connectivity index (χ2n) is 8.56. The zero-order valence-corrected chi connectivity index (χ0v) is 20.0. The minimum absolute atomic E-state index is 0.0864. The normalized spacial score (nSPS) is 15.6. The molecule has 1 aliphatic rings. The highest BCUT2D eigenvalue weighted by atomic mass is 32.1. The topological polar surface area (TPSA) is 96.9 Å². The average Bonchev–Trinajstić information content (AvgIpc) is 3.50. The van der Waals surface area contributed by atoms with Gasteiger partial charge in [-0.1, -0.05) is 24.8 Å². The minimum Gasteiger partial charge on any atom is -0.439 e. The quantitative estimate of drug-likeness (QED) is 0.352. The van der Waals surface area contributed by atoms with Crippen molar-refractivity contribution in [3.63, 3.8) is 0 Å². The molecule has 1 aliphatic heterocycles. The van der Waals surface area contributed by atoms with Gasteiger partial charge in [0.05, 0.1) is 27.8 Å². The molecule has 3 N–H and O–H groups in total. The van der Waals surface area contributed by atoms with Crippen LogP contribution < -0.4 is 20.9 Å². The highest BCUT2D eigenvalue weighted by Crippen LogP contribution is 2.34. The Balaban J connectivity index is 1.43. The number of nitrogens with one attached hydrogen (secondary N) is 3. The average molecular weight is 485 g/mol. The van der Waals surface area contributed by atoms with Crippen LogP contribution in [0, 0.1) is 6.92 Å². The number of aromatic amines is 1. The molecular weight excluding hydrogens is 460 g/mol. The van der Waals surface area contributed by atoms with Gasteiger partial charge in [-0.15, -0.1) is 11.3 Å². The van der Waals surface area contributed by atoms with Crippen LogP contribution in [0.15, 0.2) is 54.7 Å². The summed E-state index contributed by atoms with van der Waals surface area (Å²) in [6.45, 7) is 7.92. The van der Waals surface area contributed by atoms with E-state index in [2.05, 4.69) is 32.2 Å². The lowest BCUT2D eigenvalue weighted by Crippen LogP contribution is -2.36. The summed E-state index contributed by atoms with van der Waals surface area (Å²) in [4.78, 5) is 27.1. The van der Waals surface area contributed by atoms with E-state index in [0.717, 1.165) is 57.9 Å². The molecule has 0 radical (unpaired) electrons. The molecule has 5 aromatic rings.